The Bertz CT molecular complexity index is 310. The van der Waals surface area contributed by atoms with Crippen molar-refractivity contribution in [2.45, 2.75) is 6.61 Å². The lowest BCUT2D eigenvalue weighted by Crippen LogP contribution is -2.05. The Kier molecular flexibility index (Phi) is 2.48. The summed E-state index contributed by atoms with van der Waals surface area (Å²) in [5.41, 5.74) is -0.0133. The molecule has 0 unspecified atom stereocenters. The van der Waals surface area contributed by atoms with Crippen molar-refractivity contribution in [3.63, 3.8) is 0 Å². The van der Waals surface area contributed by atoms with Crippen molar-refractivity contribution < 1.29 is 13.5 Å². The SMILES string of the molecule is N#Cc1ccnc(OC(F)F)n1. The van der Waals surface area contributed by atoms with Crippen molar-refractivity contribution in [2.75, 3.05) is 0 Å². The summed E-state index contributed by atoms with van der Waals surface area (Å²) in [4.78, 5) is 6.72. The first kappa shape index (κ1) is 8.33. The molecule has 1 aromatic heterocycles. The summed E-state index contributed by atoms with van der Waals surface area (Å²) < 4.78 is 27.0. The van der Waals surface area contributed by atoms with E-state index in [0.29, 0.717) is 0 Å². The van der Waals surface area contributed by atoms with Crippen molar-refractivity contribution in [2.24, 2.45) is 0 Å². The summed E-state index contributed by atoms with van der Waals surface area (Å²) in [6.07, 6.45) is 1.17. The van der Waals surface area contributed by atoms with Gasteiger partial charge in [0.05, 0.1) is 0 Å². The molecule has 0 atom stereocenters. The van der Waals surface area contributed by atoms with Crippen LogP contribution in [0.15, 0.2) is 12.3 Å². The van der Waals surface area contributed by atoms with Crippen LogP contribution >= 0.6 is 0 Å². The molecule has 62 valence electrons. The minimum atomic E-state index is -2.97. The number of ether oxygens (including phenoxy) is 1. The summed E-state index contributed by atoms with van der Waals surface area (Å²) in [5, 5.41) is 8.31. The van der Waals surface area contributed by atoms with Crippen LogP contribution in [-0.2, 0) is 0 Å². The number of alkyl halides is 2. The fraction of sp³-hybridized carbons (Fsp3) is 0.167. The second-order valence-corrected chi connectivity index (χ2v) is 1.71. The van der Waals surface area contributed by atoms with Gasteiger partial charge in [0.15, 0.2) is 0 Å². The van der Waals surface area contributed by atoms with Crippen LogP contribution in [0.1, 0.15) is 5.69 Å². The van der Waals surface area contributed by atoms with E-state index in [2.05, 4.69) is 14.7 Å². The van der Waals surface area contributed by atoms with Crippen LogP contribution in [0.2, 0.25) is 0 Å². The monoisotopic (exact) mass is 171 g/mol. The summed E-state index contributed by atoms with van der Waals surface area (Å²) in [7, 11) is 0. The molecule has 1 aromatic rings. The average Bonchev–Trinajstić information content (AvgIpc) is 2.03. The summed E-state index contributed by atoms with van der Waals surface area (Å²) in [6.45, 7) is -2.97. The predicted octanol–water partition coefficient (Wildman–Crippen LogP) is 0.950. The van der Waals surface area contributed by atoms with Gasteiger partial charge >= 0.3 is 12.6 Å². The second-order valence-electron chi connectivity index (χ2n) is 1.71. The van der Waals surface area contributed by atoms with Gasteiger partial charge in [0, 0.05) is 6.20 Å². The zero-order chi connectivity index (χ0) is 8.97. The average molecular weight is 171 g/mol. The number of nitriles is 1. The third-order valence-corrected chi connectivity index (χ3v) is 0.943. The Morgan fingerprint density at radius 2 is 2.33 bits per heavy atom. The van der Waals surface area contributed by atoms with Gasteiger partial charge in [-0.25, -0.2) is 4.98 Å². The van der Waals surface area contributed by atoms with E-state index in [1.165, 1.54) is 12.3 Å². The first-order valence-corrected chi connectivity index (χ1v) is 2.90. The molecule has 0 saturated heterocycles. The highest BCUT2D eigenvalue weighted by atomic mass is 19.3. The van der Waals surface area contributed by atoms with Crippen LogP contribution in [0.25, 0.3) is 0 Å². The molecule has 0 bridgehead atoms. The van der Waals surface area contributed by atoms with Crippen LogP contribution in [0.4, 0.5) is 8.78 Å². The van der Waals surface area contributed by atoms with Crippen LogP contribution in [0, 0.1) is 11.3 Å². The first-order valence-electron chi connectivity index (χ1n) is 2.90. The quantitative estimate of drug-likeness (QED) is 0.664. The Balaban J connectivity index is 2.81. The van der Waals surface area contributed by atoms with E-state index in [4.69, 9.17) is 5.26 Å². The zero-order valence-corrected chi connectivity index (χ0v) is 5.74. The molecular weight excluding hydrogens is 168 g/mol. The number of aromatic nitrogens is 2. The van der Waals surface area contributed by atoms with Crippen molar-refractivity contribution in [3.05, 3.63) is 18.0 Å². The molecular formula is C6H3F2N3O. The molecule has 0 spiro atoms. The van der Waals surface area contributed by atoms with E-state index in [9.17, 15) is 8.78 Å². The van der Waals surface area contributed by atoms with Crippen molar-refractivity contribution in [1.29, 1.82) is 5.26 Å². The number of rotatable bonds is 2. The van der Waals surface area contributed by atoms with E-state index < -0.39 is 12.6 Å². The molecule has 0 N–H and O–H groups in total. The molecule has 0 aliphatic heterocycles. The molecule has 0 amide bonds. The molecule has 0 fully saturated rings. The fourth-order valence-electron chi connectivity index (χ4n) is 0.540. The highest BCUT2D eigenvalue weighted by Crippen LogP contribution is 2.05. The van der Waals surface area contributed by atoms with E-state index in [1.54, 1.807) is 6.07 Å². The summed E-state index contributed by atoms with van der Waals surface area (Å²) in [6, 6.07) is 2.46. The molecule has 0 aliphatic rings. The molecule has 4 nitrogen and oxygen atoms in total. The van der Waals surface area contributed by atoms with Crippen LogP contribution in [0.3, 0.4) is 0 Å². The Labute approximate surface area is 66.4 Å². The van der Waals surface area contributed by atoms with Crippen molar-refractivity contribution in [1.82, 2.24) is 9.97 Å². The number of hydrogen-bond donors (Lipinski definition) is 0. The number of nitrogens with zero attached hydrogens (tertiary/aromatic N) is 3. The van der Waals surface area contributed by atoms with Crippen molar-refractivity contribution >= 4 is 0 Å². The van der Waals surface area contributed by atoms with E-state index in [-0.39, 0.29) is 5.69 Å². The number of hydrogen-bond acceptors (Lipinski definition) is 4. The third-order valence-electron chi connectivity index (χ3n) is 0.943. The van der Waals surface area contributed by atoms with Crippen LogP contribution in [0.5, 0.6) is 6.01 Å². The molecule has 1 rings (SSSR count). The molecule has 1 heterocycles. The predicted molar refractivity (Wildman–Crippen MR) is 33.4 cm³/mol. The van der Waals surface area contributed by atoms with Gasteiger partial charge in [-0.2, -0.15) is 19.0 Å². The van der Waals surface area contributed by atoms with Gasteiger partial charge in [0.2, 0.25) is 0 Å². The third kappa shape index (κ3) is 2.12. The van der Waals surface area contributed by atoms with Gasteiger partial charge in [-0.05, 0) is 6.07 Å². The van der Waals surface area contributed by atoms with E-state index >= 15 is 0 Å². The minimum Gasteiger partial charge on any atom is -0.401 e. The molecule has 0 radical (unpaired) electrons. The maximum absolute atomic E-state index is 11.6. The summed E-state index contributed by atoms with van der Waals surface area (Å²) in [5.74, 6) is 0. The lowest BCUT2D eigenvalue weighted by molar-refractivity contribution is -0.0561. The molecule has 6 heteroatoms. The second kappa shape index (κ2) is 3.57. The zero-order valence-electron chi connectivity index (χ0n) is 5.74. The summed E-state index contributed by atoms with van der Waals surface area (Å²) >= 11 is 0. The van der Waals surface area contributed by atoms with Gasteiger partial charge < -0.3 is 4.74 Å². The van der Waals surface area contributed by atoms with Gasteiger partial charge in [-0.15, -0.1) is 0 Å². The number of halogens is 2. The Morgan fingerprint density at radius 3 is 2.92 bits per heavy atom. The highest BCUT2D eigenvalue weighted by molar-refractivity contribution is 5.19. The topological polar surface area (TPSA) is 58.8 Å². The molecule has 12 heavy (non-hydrogen) atoms. The first-order chi connectivity index (χ1) is 5.72. The lowest BCUT2D eigenvalue weighted by Gasteiger charge is -1.99. The maximum Gasteiger partial charge on any atom is 0.389 e. The van der Waals surface area contributed by atoms with Crippen molar-refractivity contribution in [3.8, 4) is 12.1 Å². The minimum absolute atomic E-state index is 0.0133. The largest absolute Gasteiger partial charge is 0.401 e. The molecule has 0 aromatic carbocycles. The van der Waals surface area contributed by atoms with Gasteiger partial charge in [-0.3, -0.25) is 0 Å². The normalized spacial score (nSPS) is 9.50. The van der Waals surface area contributed by atoms with Gasteiger partial charge in [0.25, 0.3) is 0 Å². The highest BCUT2D eigenvalue weighted by Gasteiger charge is 2.06. The van der Waals surface area contributed by atoms with E-state index in [1.807, 2.05) is 0 Å². The molecule has 0 saturated carbocycles. The Morgan fingerprint density at radius 1 is 1.58 bits per heavy atom. The lowest BCUT2D eigenvalue weighted by atomic mass is 10.4. The van der Waals surface area contributed by atoms with Gasteiger partial charge in [-0.1, -0.05) is 0 Å². The smallest absolute Gasteiger partial charge is 0.389 e. The van der Waals surface area contributed by atoms with Gasteiger partial charge in [0.1, 0.15) is 11.8 Å². The molecule has 0 aliphatic carbocycles. The maximum atomic E-state index is 11.6. The Hall–Kier alpha value is -1.77. The standard InChI is InChI=1S/C6H3F2N3O/c7-5(8)12-6-10-2-1-4(3-9)11-6/h1-2,5H. The fourth-order valence-corrected chi connectivity index (χ4v) is 0.540. The van der Waals surface area contributed by atoms with E-state index in [0.717, 1.165) is 0 Å². The van der Waals surface area contributed by atoms with Crippen LogP contribution < -0.4 is 4.74 Å². The van der Waals surface area contributed by atoms with Crippen LogP contribution in [-0.4, -0.2) is 16.6 Å².